The molecule has 0 saturated heterocycles. The van der Waals surface area contributed by atoms with Crippen molar-refractivity contribution in [2.75, 3.05) is 13.9 Å². The number of aromatic nitrogens is 2. The van der Waals surface area contributed by atoms with Crippen molar-refractivity contribution < 1.29 is 37.0 Å². The first kappa shape index (κ1) is 29.2. The summed E-state index contributed by atoms with van der Waals surface area (Å²) in [6.45, 7) is 0.0323. The molecule has 1 aliphatic heterocycles. The van der Waals surface area contributed by atoms with Gasteiger partial charge in [-0.1, -0.05) is 30.3 Å². The van der Waals surface area contributed by atoms with Crippen LogP contribution in [0.5, 0.6) is 23.0 Å². The molecule has 0 unspecified atom stereocenters. The molecular formula is C31H21F3N4O7. The van der Waals surface area contributed by atoms with E-state index in [9.17, 15) is 28.1 Å². The van der Waals surface area contributed by atoms with E-state index in [0.29, 0.717) is 17.1 Å². The molecule has 11 nitrogen and oxygen atoms in total. The first-order valence-corrected chi connectivity index (χ1v) is 13.2. The third-order valence-corrected chi connectivity index (χ3v) is 6.82. The molecule has 5 aromatic rings. The van der Waals surface area contributed by atoms with Gasteiger partial charge in [-0.15, -0.1) is 0 Å². The van der Waals surface area contributed by atoms with E-state index < -0.39 is 27.9 Å². The SMILES string of the molecule is COc1cc(C=Nn2c(-c3cccc(C(F)(F)F)c3)nc3ccccc3c2=O)cc([N+](=O)[O-])c1OCc1ccc2c(c1)OCO2. The molecule has 0 amide bonds. The number of nitro groups is 1. The second-order valence-corrected chi connectivity index (χ2v) is 9.70. The standard InChI is InChI=1S/C31H21F3N4O7/c1-42-27-13-19(11-24(38(40)41)28(27)43-16-18-9-10-25-26(12-18)45-17-44-25)15-35-37-29(20-5-4-6-21(14-20)31(32,33)34)36-23-8-3-2-7-22(23)30(37)39/h2-15H,16-17H2,1H3. The Morgan fingerprint density at radius 2 is 1.84 bits per heavy atom. The average Bonchev–Trinajstić information content (AvgIpc) is 3.51. The van der Waals surface area contributed by atoms with Gasteiger partial charge < -0.3 is 18.9 Å². The number of alkyl halides is 3. The highest BCUT2D eigenvalue weighted by atomic mass is 19.4. The van der Waals surface area contributed by atoms with Gasteiger partial charge >= 0.3 is 11.9 Å². The van der Waals surface area contributed by atoms with E-state index in [1.807, 2.05) is 0 Å². The number of benzene rings is 4. The van der Waals surface area contributed by atoms with Gasteiger partial charge in [0, 0.05) is 17.2 Å². The molecule has 0 N–H and O–H groups in total. The van der Waals surface area contributed by atoms with Gasteiger partial charge in [-0.25, -0.2) is 4.98 Å². The first-order chi connectivity index (χ1) is 21.6. The Hall–Kier alpha value is -5.92. The number of hydrogen-bond acceptors (Lipinski definition) is 9. The maximum atomic E-state index is 13.5. The predicted octanol–water partition coefficient (Wildman–Crippen LogP) is 6.19. The number of fused-ring (bicyclic) bond motifs is 2. The lowest BCUT2D eigenvalue weighted by Crippen LogP contribution is -2.20. The topological polar surface area (TPSA) is 127 Å². The summed E-state index contributed by atoms with van der Waals surface area (Å²) in [5.74, 6) is 0.793. The molecule has 0 fully saturated rings. The monoisotopic (exact) mass is 618 g/mol. The third-order valence-electron chi connectivity index (χ3n) is 6.82. The Bertz CT molecular complexity index is 2040. The highest BCUT2D eigenvalue weighted by molar-refractivity contribution is 5.84. The molecule has 0 atom stereocenters. The van der Waals surface area contributed by atoms with E-state index in [1.54, 1.807) is 36.4 Å². The number of ether oxygens (including phenoxy) is 4. The van der Waals surface area contributed by atoms with E-state index in [4.69, 9.17) is 18.9 Å². The Morgan fingerprint density at radius 1 is 1.04 bits per heavy atom. The molecule has 0 bridgehead atoms. The Labute approximate surface area is 251 Å². The molecule has 1 aromatic heterocycles. The van der Waals surface area contributed by atoms with Crippen molar-refractivity contribution in [3.05, 3.63) is 116 Å². The number of halogens is 3. The second kappa shape index (κ2) is 11.6. The van der Waals surface area contributed by atoms with Crippen LogP contribution in [0.15, 0.2) is 88.8 Å². The van der Waals surface area contributed by atoms with Crippen molar-refractivity contribution in [1.29, 1.82) is 0 Å². The molecular weight excluding hydrogens is 597 g/mol. The van der Waals surface area contributed by atoms with Crippen molar-refractivity contribution >= 4 is 22.8 Å². The molecule has 2 heterocycles. The largest absolute Gasteiger partial charge is 0.493 e. The summed E-state index contributed by atoms with van der Waals surface area (Å²) in [5, 5.41) is 16.5. The van der Waals surface area contributed by atoms with Gasteiger partial charge in [-0.3, -0.25) is 14.9 Å². The average molecular weight is 619 g/mol. The van der Waals surface area contributed by atoms with Gasteiger partial charge in [0.25, 0.3) is 5.56 Å². The highest BCUT2D eigenvalue weighted by Crippen LogP contribution is 2.39. The number of rotatable bonds is 8. The molecule has 0 spiro atoms. The summed E-state index contributed by atoms with van der Waals surface area (Å²) in [4.78, 5) is 29.3. The quantitative estimate of drug-likeness (QED) is 0.114. The lowest BCUT2D eigenvalue weighted by Gasteiger charge is -2.13. The van der Waals surface area contributed by atoms with Crippen LogP contribution >= 0.6 is 0 Å². The maximum Gasteiger partial charge on any atom is 0.416 e. The number of para-hydroxylation sites is 1. The molecule has 0 aliphatic carbocycles. The van der Waals surface area contributed by atoms with E-state index >= 15 is 0 Å². The molecule has 45 heavy (non-hydrogen) atoms. The fraction of sp³-hybridized carbons (Fsp3) is 0.129. The maximum absolute atomic E-state index is 13.5. The van der Waals surface area contributed by atoms with Crippen LogP contribution in [-0.4, -0.2) is 34.7 Å². The van der Waals surface area contributed by atoms with E-state index in [0.717, 1.165) is 23.0 Å². The number of nitrogens with zero attached hydrogens (tertiary/aromatic N) is 4. The molecule has 6 rings (SSSR count). The van der Waals surface area contributed by atoms with Crippen LogP contribution in [0.2, 0.25) is 0 Å². The number of methoxy groups -OCH3 is 1. The minimum Gasteiger partial charge on any atom is -0.493 e. The van der Waals surface area contributed by atoms with Crippen molar-refractivity contribution in [2.45, 2.75) is 12.8 Å². The van der Waals surface area contributed by atoms with Gasteiger partial charge in [0.15, 0.2) is 23.1 Å². The molecule has 0 radical (unpaired) electrons. The Morgan fingerprint density at radius 3 is 2.62 bits per heavy atom. The van der Waals surface area contributed by atoms with Crippen LogP contribution in [0.4, 0.5) is 18.9 Å². The summed E-state index contributed by atoms with van der Waals surface area (Å²) in [6.07, 6.45) is -3.49. The van der Waals surface area contributed by atoms with Gasteiger partial charge in [0.05, 0.1) is 34.7 Å². The summed E-state index contributed by atoms with van der Waals surface area (Å²) in [5.41, 5.74) is -0.999. The van der Waals surface area contributed by atoms with Gasteiger partial charge in [0.2, 0.25) is 12.5 Å². The van der Waals surface area contributed by atoms with Crippen LogP contribution < -0.4 is 24.5 Å². The number of nitro benzene ring substituents is 1. The summed E-state index contributed by atoms with van der Waals surface area (Å²) in [6, 6.07) is 18.3. The minimum absolute atomic E-state index is 0.00785. The van der Waals surface area contributed by atoms with Crippen molar-refractivity contribution in [2.24, 2.45) is 5.10 Å². The molecule has 1 aliphatic rings. The third kappa shape index (κ3) is 5.85. The zero-order valence-electron chi connectivity index (χ0n) is 23.3. The van der Waals surface area contributed by atoms with Crippen LogP contribution in [0.3, 0.4) is 0 Å². The molecule has 14 heteroatoms. The zero-order valence-corrected chi connectivity index (χ0v) is 23.3. The first-order valence-electron chi connectivity index (χ1n) is 13.2. The van der Waals surface area contributed by atoms with Gasteiger partial charge in [-0.2, -0.15) is 22.9 Å². The van der Waals surface area contributed by atoms with Crippen molar-refractivity contribution in [3.63, 3.8) is 0 Å². The zero-order chi connectivity index (χ0) is 31.7. The normalized spacial score (nSPS) is 12.5. The Kier molecular flexibility index (Phi) is 7.54. The summed E-state index contributed by atoms with van der Waals surface area (Å²) >= 11 is 0. The summed E-state index contributed by atoms with van der Waals surface area (Å²) < 4.78 is 63.2. The smallest absolute Gasteiger partial charge is 0.416 e. The van der Waals surface area contributed by atoms with Gasteiger partial charge in [-0.05, 0) is 48.0 Å². The van der Waals surface area contributed by atoms with E-state index in [1.165, 1.54) is 37.4 Å². The van der Waals surface area contributed by atoms with E-state index in [-0.39, 0.29) is 52.8 Å². The fourth-order valence-corrected chi connectivity index (χ4v) is 4.68. The fourth-order valence-electron chi connectivity index (χ4n) is 4.68. The second-order valence-electron chi connectivity index (χ2n) is 9.70. The number of hydrogen-bond donors (Lipinski definition) is 0. The molecule has 4 aromatic carbocycles. The van der Waals surface area contributed by atoms with Crippen LogP contribution in [-0.2, 0) is 12.8 Å². The molecule has 228 valence electrons. The predicted molar refractivity (Wildman–Crippen MR) is 156 cm³/mol. The van der Waals surface area contributed by atoms with Crippen LogP contribution in [0, 0.1) is 10.1 Å². The minimum atomic E-state index is -4.64. The molecule has 0 saturated carbocycles. The van der Waals surface area contributed by atoms with Crippen molar-refractivity contribution in [3.8, 4) is 34.4 Å². The van der Waals surface area contributed by atoms with Crippen molar-refractivity contribution in [1.82, 2.24) is 9.66 Å². The van der Waals surface area contributed by atoms with Crippen LogP contribution in [0.25, 0.3) is 22.3 Å². The van der Waals surface area contributed by atoms with Crippen LogP contribution in [0.1, 0.15) is 16.7 Å². The van der Waals surface area contributed by atoms with E-state index in [2.05, 4.69) is 10.1 Å². The Balaban J connectivity index is 1.40. The lowest BCUT2D eigenvalue weighted by molar-refractivity contribution is -0.386. The summed E-state index contributed by atoms with van der Waals surface area (Å²) in [7, 11) is 1.30. The van der Waals surface area contributed by atoms with Gasteiger partial charge in [0.1, 0.15) is 6.61 Å². The lowest BCUT2D eigenvalue weighted by atomic mass is 10.1. The highest BCUT2D eigenvalue weighted by Gasteiger charge is 2.31.